The average molecular weight is 241 g/mol. The first-order valence-corrected chi connectivity index (χ1v) is 6.53. The molecule has 1 aromatic rings. The molecule has 4 heteroatoms. The molecule has 1 fully saturated rings. The molecule has 0 amide bonds. The van der Waals surface area contributed by atoms with Crippen LogP contribution in [-0.2, 0) is 16.0 Å². The van der Waals surface area contributed by atoms with Gasteiger partial charge in [0.15, 0.2) is 0 Å². The zero-order valence-electron chi connectivity index (χ0n) is 9.91. The SMILES string of the molecule is Cc1cc(CNCC2COCCO2)c(C)s1. The van der Waals surface area contributed by atoms with Gasteiger partial charge in [0, 0.05) is 22.8 Å². The summed E-state index contributed by atoms with van der Waals surface area (Å²) < 4.78 is 10.9. The van der Waals surface area contributed by atoms with Crippen LogP contribution in [0.1, 0.15) is 15.3 Å². The Balaban J connectivity index is 1.73. The lowest BCUT2D eigenvalue weighted by atomic mass is 10.2. The third-order valence-electron chi connectivity index (χ3n) is 2.72. The van der Waals surface area contributed by atoms with E-state index in [9.17, 15) is 0 Å². The van der Waals surface area contributed by atoms with Gasteiger partial charge in [-0.15, -0.1) is 11.3 Å². The average Bonchev–Trinajstić information content (AvgIpc) is 2.59. The van der Waals surface area contributed by atoms with Crippen molar-refractivity contribution < 1.29 is 9.47 Å². The molecular weight excluding hydrogens is 222 g/mol. The Kier molecular flexibility index (Phi) is 4.35. The number of thiophene rings is 1. The summed E-state index contributed by atoms with van der Waals surface area (Å²) in [6, 6.07) is 2.26. The van der Waals surface area contributed by atoms with Gasteiger partial charge >= 0.3 is 0 Å². The summed E-state index contributed by atoms with van der Waals surface area (Å²) in [5.41, 5.74) is 1.40. The topological polar surface area (TPSA) is 30.5 Å². The van der Waals surface area contributed by atoms with Gasteiger partial charge in [0.05, 0.1) is 25.9 Å². The fourth-order valence-electron chi connectivity index (χ4n) is 1.88. The van der Waals surface area contributed by atoms with Gasteiger partial charge in [-0.05, 0) is 25.5 Å². The smallest absolute Gasteiger partial charge is 0.0933 e. The second kappa shape index (κ2) is 5.77. The molecule has 1 aliphatic rings. The van der Waals surface area contributed by atoms with Crippen molar-refractivity contribution in [2.24, 2.45) is 0 Å². The van der Waals surface area contributed by atoms with Crippen molar-refractivity contribution in [2.45, 2.75) is 26.5 Å². The van der Waals surface area contributed by atoms with Crippen LogP contribution in [0.2, 0.25) is 0 Å². The number of hydrogen-bond donors (Lipinski definition) is 1. The molecule has 0 aliphatic carbocycles. The quantitative estimate of drug-likeness (QED) is 0.873. The first kappa shape index (κ1) is 12.0. The minimum atomic E-state index is 0.216. The van der Waals surface area contributed by atoms with Crippen molar-refractivity contribution in [3.05, 3.63) is 21.4 Å². The number of ether oxygens (including phenoxy) is 2. The van der Waals surface area contributed by atoms with Crippen LogP contribution in [-0.4, -0.2) is 32.5 Å². The lowest BCUT2D eigenvalue weighted by molar-refractivity contribution is -0.0864. The van der Waals surface area contributed by atoms with Crippen LogP contribution in [0.25, 0.3) is 0 Å². The van der Waals surface area contributed by atoms with Gasteiger partial charge in [-0.2, -0.15) is 0 Å². The molecule has 1 aliphatic heterocycles. The van der Waals surface area contributed by atoms with E-state index in [2.05, 4.69) is 25.2 Å². The Morgan fingerprint density at radius 1 is 1.44 bits per heavy atom. The Bertz CT molecular complexity index is 332. The maximum atomic E-state index is 5.57. The van der Waals surface area contributed by atoms with E-state index in [-0.39, 0.29) is 6.10 Å². The highest BCUT2D eigenvalue weighted by molar-refractivity contribution is 7.12. The lowest BCUT2D eigenvalue weighted by Gasteiger charge is -2.23. The van der Waals surface area contributed by atoms with E-state index in [1.165, 1.54) is 15.3 Å². The van der Waals surface area contributed by atoms with Crippen LogP contribution in [0.4, 0.5) is 0 Å². The Labute approximate surface area is 101 Å². The third-order valence-corrected chi connectivity index (χ3v) is 3.72. The molecule has 1 aromatic heterocycles. The van der Waals surface area contributed by atoms with Crippen LogP contribution in [0.15, 0.2) is 6.07 Å². The molecule has 0 radical (unpaired) electrons. The molecule has 3 nitrogen and oxygen atoms in total. The van der Waals surface area contributed by atoms with E-state index in [0.29, 0.717) is 6.61 Å². The third kappa shape index (κ3) is 3.28. The Morgan fingerprint density at radius 3 is 2.94 bits per heavy atom. The van der Waals surface area contributed by atoms with Crippen molar-refractivity contribution >= 4 is 11.3 Å². The monoisotopic (exact) mass is 241 g/mol. The second-order valence-electron chi connectivity index (χ2n) is 4.14. The molecule has 0 spiro atoms. The van der Waals surface area contributed by atoms with E-state index in [1.54, 1.807) is 0 Å². The lowest BCUT2D eigenvalue weighted by Crippen LogP contribution is -2.37. The van der Waals surface area contributed by atoms with Gasteiger partial charge in [0.2, 0.25) is 0 Å². The van der Waals surface area contributed by atoms with Crippen molar-refractivity contribution in [2.75, 3.05) is 26.4 Å². The highest BCUT2D eigenvalue weighted by atomic mass is 32.1. The summed E-state index contributed by atoms with van der Waals surface area (Å²) in [5, 5.41) is 3.43. The van der Waals surface area contributed by atoms with Crippen LogP contribution in [0, 0.1) is 13.8 Å². The normalized spacial score (nSPS) is 21.2. The molecule has 1 unspecified atom stereocenters. The van der Waals surface area contributed by atoms with E-state index in [1.807, 2.05) is 11.3 Å². The highest BCUT2D eigenvalue weighted by Gasteiger charge is 2.13. The molecule has 1 N–H and O–H groups in total. The zero-order chi connectivity index (χ0) is 11.4. The Morgan fingerprint density at radius 2 is 2.31 bits per heavy atom. The van der Waals surface area contributed by atoms with Crippen LogP contribution in [0.3, 0.4) is 0 Å². The van der Waals surface area contributed by atoms with Crippen molar-refractivity contribution in [3.8, 4) is 0 Å². The van der Waals surface area contributed by atoms with E-state index >= 15 is 0 Å². The minimum absolute atomic E-state index is 0.216. The van der Waals surface area contributed by atoms with Crippen LogP contribution in [0.5, 0.6) is 0 Å². The summed E-state index contributed by atoms with van der Waals surface area (Å²) in [6.07, 6.45) is 0.216. The number of rotatable bonds is 4. The van der Waals surface area contributed by atoms with Gasteiger partial charge in [-0.25, -0.2) is 0 Å². The fraction of sp³-hybridized carbons (Fsp3) is 0.667. The summed E-state index contributed by atoms with van der Waals surface area (Å²) >= 11 is 1.86. The van der Waals surface area contributed by atoms with Gasteiger partial charge in [-0.3, -0.25) is 0 Å². The number of aryl methyl sites for hydroxylation is 2. The standard InChI is InChI=1S/C12H19NO2S/c1-9-5-11(10(2)16-9)6-13-7-12-8-14-3-4-15-12/h5,12-13H,3-4,6-8H2,1-2H3. The first-order chi connectivity index (χ1) is 7.75. The van der Waals surface area contributed by atoms with Crippen molar-refractivity contribution in [1.29, 1.82) is 0 Å². The Hall–Kier alpha value is -0.420. The zero-order valence-corrected chi connectivity index (χ0v) is 10.7. The number of nitrogens with one attached hydrogen (secondary N) is 1. The van der Waals surface area contributed by atoms with Gasteiger partial charge < -0.3 is 14.8 Å². The first-order valence-electron chi connectivity index (χ1n) is 5.71. The molecular formula is C12H19NO2S. The van der Waals surface area contributed by atoms with Crippen LogP contribution < -0.4 is 5.32 Å². The molecule has 0 saturated carbocycles. The minimum Gasteiger partial charge on any atom is -0.376 e. The second-order valence-corrected chi connectivity index (χ2v) is 5.60. The maximum absolute atomic E-state index is 5.57. The molecule has 1 saturated heterocycles. The van der Waals surface area contributed by atoms with Gasteiger partial charge in [0.25, 0.3) is 0 Å². The predicted molar refractivity (Wildman–Crippen MR) is 66.1 cm³/mol. The largest absolute Gasteiger partial charge is 0.376 e. The summed E-state index contributed by atoms with van der Waals surface area (Å²) in [4.78, 5) is 2.79. The maximum Gasteiger partial charge on any atom is 0.0933 e. The summed E-state index contributed by atoms with van der Waals surface area (Å²) in [5.74, 6) is 0. The van der Waals surface area contributed by atoms with Crippen LogP contribution >= 0.6 is 11.3 Å². The molecule has 1 atom stereocenters. The van der Waals surface area contributed by atoms with E-state index < -0.39 is 0 Å². The summed E-state index contributed by atoms with van der Waals surface area (Å²) in [7, 11) is 0. The number of hydrogen-bond acceptors (Lipinski definition) is 4. The molecule has 2 rings (SSSR count). The van der Waals surface area contributed by atoms with Crippen molar-refractivity contribution in [3.63, 3.8) is 0 Å². The molecule has 2 heterocycles. The predicted octanol–water partition coefficient (Wildman–Crippen LogP) is 1.87. The molecule has 90 valence electrons. The molecule has 0 aromatic carbocycles. The summed E-state index contributed by atoms with van der Waals surface area (Å²) in [6.45, 7) is 8.30. The fourth-order valence-corrected chi connectivity index (χ4v) is 2.83. The van der Waals surface area contributed by atoms with E-state index in [0.717, 1.165) is 26.3 Å². The van der Waals surface area contributed by atoms with Gasteiger partial charge in [0.1, 0.15) is 0 Å². The van der Waals surface area contributed by atoms with E-state index in [4.69, 9.17) is 9.47 Å². The molecule has 0 bridgehead atoms. The molecule has 16 heavy (non-hydrogen) atoms. The van der Waals surface area contributed by atoms with Crippen molar-refractivity contribution in [1.82, 2.24) is 5.32 Å². The highest BCUT2D eigenvalue weighted by Crippen LogP contribution is 2.20. The van der Waals surface area contributed by atoms with Gasteiger partial charge in [-0.1, -0.05) is 0 Å².